The monoisotopic (exact) mass is 450 g/mol. The van der Waals surface area contributed by atoms with Gasteiger partial charge in [0.15, 0.2) is 0 Å². The average Bonchev–Trinajstić information content (AvgIpc) is 2.64. The largest absolute Gasteiger partial charge is 0.351 e. The molecule has 32 heavy (non-hydrogen) atoms. The van der Waals surface area contributed by atoms with Crippen LogP contribution in [-0.4, -0.2) is 24.4 Å². The van der Waals surface area contributed by atoms with Crippen LogP contribution >= 0.6 is 0 Å². The highest BCUT2D eigenvalue weighted by molar-refractivity contribution is 5.95. The maximum Gasteiger partial charge on any atom is 0.254 e. The molecule has 0 spiro atoms. The van der Waals surface area contributed by atoms with Crippen molar-refractivity contribution >= 4 is 11.8 Å². The highest BCUT2D eigenvalue weighted by atomic mass is 19.1. The summed E-state index contributed by atoms with van der Waals surface area (Å²) in [6.45, 7) is 6.23. The SMILES string of the molecule is CC1(C)C[C@@H](NC(=O)c2ccc(F)cc2F)C[C@](C)(CNC(=O)c2ccc(F)cc2F)C1. The van der Waals surface area contributed by atoms with Crippen LogP contribution in [0.15, 0.2) is 36.4 Å². The maximum absolute atomic E-state index is 14.0. The summed E-state index contributed by atoms with van der Waals surface area (Å²) in [6.07, 6.45) is 1.86. The van der Waals surface area contributed by atoms with Crippen molar-refractivity contribution in [3.05, 3.63) is 70.8 Å². The van der Waals surface area contributed by atoms with Crippen LogP contribution in [0, 0.1) is 34.1 Å². The minimum Gasteiger partial charge on any atom is -0.351 e. The predicted molar refractivity (Wildman–Crippen MR) is 112 cm³/mol. The molecule has 2 amide bonds. The van der Waals surface area contributed by atoms with Gasteiger partial charge in [0.1, 0.15) is 23.3 Å². The Bertz CT molecular complexity index is 1040. The molecule has 8 heteroatoms. The summed E-state index contributed by atoms with van der Waals surface area (Å²) in [5, 5.41) is 5.54. The van der Waals surface area contributed by atoms with E-state index in [1.54, 1.807) is 0 Å². The minimum atomic E-state index is -0.942. The summed E-state index contributed by atoms with van der Waals surface area (Å²) in [5.74, 6) is -4.70. The third-order valence-corrected chi connectivity index (χ3v) is 5.81. The summed E-state index contributed by atoms with van der Waals surface area (Å²) in [4.78, 5) is 25.0. The van der Waals surface area contributed by atoms with Gasteiger partial charge in [-0.2, -0.15) is 0 Å². The van der Waals surface area contributed by atoms with E-state index in [9.17, 15) is 27.2 Å². The van der Waals surface area contributed by atoms with Crippen molar-refractivity contribution in [3.8, 4) is 0 Å². The van der Waals surface area contributed by atoms with Gasteiger partial charge in [0, 0.05) is 24.7 Å². The minimum absolute atomic E-state index is 0.196. The van der Waals surface area contributed by atoms with Crippen molar-refractivity contribution in [2.45, 2.75) is 46.1 Å². The first kappa shape index (κ1) is 23.8. The molecule has 0 heterocycles. The summed E-state index contributed by atoms with van der Waals surface area (Å²) in [5.41, 5.74) is -1.12. The van der Waals surface area contributed by atoms with Crippen molar-refractivity contribution < 1.29 is 27.2 Å². The maximum atomic E-state index is 14.0. The summed E-state index contributed by atoms with van der Waals surface area (Å²) in [6, 6.07) is 5.24. The van der Waals surface area contributed by atoms with Crippen molar-refractivity contribution in [1.82, 2.24) is 10.6 Å². The van der Waals surface area contributed by atoms with Crippen LogP contribution in [0.3, 0.4) is 0 Å². The molecule has 0 aliphatic heterocycles. The molecule has 3 rings (SSSR count). The van der Waals surface area contributed by atoms with Crippen LogP contribution < -0.4 is 10.6 Å². The van der Waals surface area contributed by atoms with E-state index in [0.29, 0.717) is 25.0 Å². The van der Waals surface area contributed by atoms with Gasteiger partial charge in [-0.15, -0.1) is 0 Å². The number of nitrogens with one attached hydrogen (secondary N) is 2. The van der Waals surface area contributed by atoms with Crippen molar-refractivity contribution in [2.75, 3.05) is 6.54 Å². The van der Waals surface area contributed by atoms with Crippen molar-refractivity contribution in [2.24, 2.45) is 10.8 Å². The number of carbonyl (C=O) groups is 2. The molecule has 0 bridgehead atoms. The standard InChI is InChI=1S/C24H26F4N2O2/c1-23(2)10-16(30-22(32)18-7-5-15(26)9-20(18)28)11-24(3,12-23)13-29-21(31)17-6-4-14(25)8-19(17)27/h4-9,16H,10-13H2,1-3H3,(H,29,31)(H,30,32)/t16-,24+/m1/s1. The molecule has 2 N–H and O–H groups in total. The third-order valence-electron chi connectivity index (χ3n) is 5.81. The lowest BCUT2D eigenvalue weighted by molar-refractivity contribution is 0.0589. The topological polar surface area (TPSA) is 58.2 Å². The molecule has 1 aliphatic rings. The Morgan fingerprint density at radius 1 is 0.875 bits per heavy atom. The number of carbonyl (C=O) groups excluding carboxylic acids is 2. The fourth-order valence-corrected chi connectivity index (χ4v) is 4.87. The molecular formula is C24H26F4N2O2. The Morgan fingerprint density at radius 3 is 1.94 bits per heavy atom. The molecule has 1 aliphatic carbocycles. The van der Waals surface area contributed by atoms with E-state index in [1.165, 1.54) is 0 Å². The van der Waals surface area contributed by atoms with Crippen LogP contribution in [-0.2, 0) is 0 Å². The van der Waals surface area contributed by atoms with E-state index in [-0.39, 0.29) is 29.1 Å². The van der Waals surface area contributed by atoms with Gasteiger partial charge in [-0.05, 0) is 54.4 Å². The lowest BCUT2D eigenvalue weighted by Gasteiger charge is -2.47. The quantitative estimate of drug-likeness (QED) is 0.631. The van der Waals surface area contributed by atoms with Crippen LogP contribution in [0.5, 0.6) is 0 Å². The highest BCUT2D eigenvalue weighted by Crippen LogP contribution is 2.45. The first-order valence-corrected chi connectivity index (χ1v) is 10.4. The molecule has 2 aromatic rings. The molecule has 0 saturated heterocycles. The van der Waals surface area contributed by atoms with Gasteiger partial charge in [0.2, 0.25) is 0 Å². The molecule has 1 fully saturated rings. The number of hydrogen-bond donors (Lipinski definition) is 2. The fraction of sp³-hybridized carbons (Fsp3) is 0.417. The smallest absolute Gasteiger partial charge is 0.254 e. The lowest BCUT2D eigenvalue weighted by atomic mass is 9.62. The molecule has 4 nitrogen and oxygen atoms in total. The average molecular weight is 450 g/mol. The summed E-state index contributed by atoms with van der Waals surface area (Å²) in [7, 11) is 0. The highest BCUT2D eigenvalue weighted by Gasteiger charge is 2.42. The Hall–Kier alpha value is -2.90. The van der Waals surface area contributed by atoms with Crippen molar-refractivity contribution in [1.29, 1.82) is 0 Å². The Morgan fingerprint density at radius 2 is 1.41 bits per heavy atom. The molecule has 2 atom stereocenters. The number of benzene rings is 2. The second-order valence-electron chi connectivity index (χ2n) is 9.66. The third kappa shape index (κ3) is 5.66. The lowest BCUT2D eigenvalue weighted by Crippen LogP contribution is -2.50. The Kier molecular flexibility index (Phi) is 6.62. The predicted octanol–water partition coefficient (Wildman–Crippen LogP) is 4.99. The first-order chi connectivity index (χ1) is 14.9. The van der Waals surface area contributed by atoms with Crippen LogP contribution in [0.2, 0.25) is 0 Å². The number of halogens is 4. The van der Waals surface area contributed by atoms with E-state index < -0.39 is 40.5 Å². The van der Waals surface area contributed by atoms with Gasteiger partial charge in [0.25, 0.3) is 11.8 Å². The van der Waals surface area contributed by atoms with E-state index in [2.05, 4.69) is 10.6 Å². The zero-order valence-electron chi connectivity index (χ0n) is 18.2. The second kappa shape index (κ2) is 8.92. The fourth-order valence-electron chi connectivity index (χ4n) is 4.87. The van der Waals surface area contributed by atoms with Gasteiger partial charge in [0.05, 0.1) is 11.1 Å². The van der Waals surface area contributed by atoms with E-state index >= 15 is 0 Å². The number of rotatable bonds is 5. The van der Waals surface area contributed by atoms with Crippen LogP contribution in [0.4, 0.5) is 17.6 Å². The molecule has 1 saturated carbocycles. The van der Waals surface area contributed by atoms with Gasteiger partial charge in [-0.25, -0.2) is 17.6 Å². The zero-order chi connectivity index (χ0) is 23.7. The Balaban J connectivity index is 1.69. The number of amides is 2. The van der Waals surface area contributed by atoms with Gasteiger partial charge in [-0.1, -0.05) is 20.8 Å². The second-order valence-corrected chi connectivity index (χ2v) is 9.66. The molecule has 0 radical (unpaired) electrons. The van der Waals surface area contributed by atoms with E-state index in [4.69, 9.17) is 0 Å². The van der Waals surface area contributed by atoms with E-state index in [0.717, 1.165) is 30.7 Å². The van der Waals surface area contributed by atoms with Gasteiger partial charge in [-0.3, -0.25) is 9.59 Å². The first-order valence-electron chi connectivity index (χ1n) is 10.4. The van der Waals surface area contributed by atoms with Crippen LogP contribution in [0.25, 0.3) is 0 Å². The molecule has 0 unspecified atom stereocenters. The van der Waals surface area contributed by atoms with Gasteiger partial charge < -0.3 is 10.6 Å². The van der Waals surface area contributed by atoms with E-state index in [1.807, 2.05) is 20.8 Å². The van der Waals surface area contributed by atoms with Crippen LogP contribution in [0.1, 0.15) is 60.7 Å². The Labute approximate surface area is 184 Å². The number of hydrogen-bond acceptors (Lipinski definition) is 2. The summed E-state index contributed by atoms with van der Waals surface area (Å²) < 4.78 is 54.1. The zero-order valence-corrected chi connectivity index (χ0v) is 18.2. The summed E-state index contributed by atoms with van der Waals surface area (Å²) >= 11 is 0. The van der Waals surface area contributed by atoms with Crippen molar-refractivity contribution in [3.63, 3.8) is 0 Å². The molecule has 2 aromatic carbocycles. The molecule has 0 aromatic heterocycles. The molecular weight excluding hydrogens is 424 g/mol. The molecule has 172 valence electrons. The normalized spacial score (nSPS) is 22.3. The van der Waals surface area contributed by atoms with Gasteiger partial charge >= 0.3 is 0 Å².